The lowest BCUT2D eigenvalue weighted by molar-refractivity contribution is 0.132. The zero-order valence-electron chi connectivity index (χ0n) is 9.47. The second-order valence-electron chi connectivity index (χ2n) is 4.36. The molecule has 0 heterocycles. The third-order valence-corrected chi connectivity index (χ3v) is 2.62. The fraction of sp³-hybridized carbons (Fsp3) is 0.417. The summed E-state index contributed by atoms with van der Waals surface area (Å²) in [6.45, 7) is 3.82. The largest absolute Gasteiger partial charge is 0.396 e. The minimum absolute atomic E-state index is 0. The molecule has 0 aliphatic rings. The third-order valence-electron chi connectivity index (χ3n) is 2.62. The van der Waals surface area contributed by atoms with E-state index in [1.807, 2.05) is 19.9 Å². The highest BCUT2D eigenvalue weighted by Crippen LogP contribution is 2.30. The summed E-state index contributed by atoms with van der Waals surface area (Å²) < 4.78 is 0. The van der Waals surface area contributed by atoms with Crippen LogP contribution in [0.4, 0.5) is 0 Å². The molecule has 0 aliphatic heterocycles. The average Bonchev–Trinajstić information content (AvgIpc) is 2.28. The van der Waals surface area contributed by atoms with Gasteiger partial charge in [0, 0.05) is 18.1 Å². The average molecular weight is 241 g/mol. The van der Waals surface area contributed by atoms with Crippen molar-refractivity contribution in [2.75, 3.05) is 6.61 Å². The molecule has 0 amide bonds. The van der Waals surface area contributed by atoms with Crippen LogP contribution in [-0.2, 0) is 0 Å². The minimum atomic E-state index is -0.381. The van der Waals surface area contributed by atoms with Crippen molar-refractivity contribution in [1.29, 1.82) is 5.26 Å². The van der Waals surface area contributed by atoms with E-state index in [0.717, 1.165) is 5.56 Å². The van der Waals surface area contributed by atoms with E-state index < -0.39 is 0 Å². The van der Waals surface area contributed by atoms with Crippen molar-refractivity contribution >= 4 is 12.4 Å². The number of hydrogen-bond donors (Lipinski definition) is 2. The van der Waals surface area contributed by atoms with Gasteiger partial charge in [-0.2, -0.15) is 5.26 Å². The highest BCUT2D eigenvalue weighted by molar-refractivity contribution is 5.85. The van der Waals surface area contributed by atoms with E-state index in [1.54, 1.807) is 18.2 Å². The van der Waals surface area contributed by atoms with Gasteiger partial charge in [0.2, 0.25) is 0 Å². The molecule has 0 radical (unpaired) electrons. The summed E-state index contributed by atoms with van der Waals surface area (Å²) in [5.41, 5.74) is 7.13. The van der Waals surface area contributed by atoms with Gasteiger partial charge in [0.25, 0.3) is 0 Å². The number of aliphatic hydroxyl groups excluding tert-OH is 1. The Morgan fingerprint density at radius 2 is 2.12 bits per heavy atom. The number of nitrogens with two attached hydrogens (primary N) is 1. The monoisotopic (exact) mass is 240 g/mol. The molecular formula is C12H17ClN2O. The lowest BCUT2D eigenvalue weighted by Gasteiger charge is -2.29. The third kappa shape index (κ3) is 3.21. The Morgan fingerprint density at radius 1 is 1.50 bits per heavy atom. The first kappa shape index (κ1) is 14.9. The maximum absolute atomic E-state index is 9.21. The fourth-order valence-electron chi connectivity index (χ4n) is 1.35. The van der Waals surface area contributed by atoms with Crippen LogP contribution in [0.5, 0.6) is 0 Å². The Labute approximate surface area is 102 Å². The molecule has 16 heavy (non-hydrogen) atoms. The summed E-state index contributed by atoms with van der Waals surface area (Å²) in [7, 11) is 0. The molecule has 4 heteroatoms. The van der Waals surface area contributed by atoms with Crippen LogP contribution in [-0.4, -0.2) is 11.7 Å². The molecule has 0 saturated heterocycles. The Balaban J connectivity index is 0.00000225. The maximum atomic E-state index is 9.21. The summed E-state index contributed by atoms with van der Waals surface area (Å²) >= 11 is 0. The van der Waals surface area contributed by atoms with E-state index in [9.17, 15) is 5.11 Å². The zero-order valence-corrected chi connectivity index (χ0v) is 10.3. The van der Waals surface area contributed by atoms with Crippen molar-refractivity contribution in [2.45, 2.75) is 19.9 Å². The van der Waals surface area contributed by atoms with Crippen LogP contribution in [0, 0.1) is 16.7 Å². The molecule has 3 nitrogen and oxygen atoms in total. The highest BCUT2D eigenvalue weighted by atomic mass is 35.5. The van der Waals surface area contributed by atoms with Crippen molar-refractivity contribution in [2.24, 2.45) is 11.1 Å². The van der Waals surface area contributed by atoms with E-state index in [-0.39, 0.29) is 30.5 Å². The summed E-state index contributed by atoms with van der Waals surface area (Å²) in [6, 6.07) is 8.99. The summed E-state index contributed by atoms with van der Waals surface area (Å²) in [5.74, 6) is 0. The predicted molar refractivity (Wildman–Crippen MR) is 66.2 cm³/mol. The molecule has 0 aromatic heterocycles. The van der Waals surface area contributed by atoms with Crippen molar-refractivity contribution in [1.82, 2.24) is 0 Å². The van der Waals surface area contributed by atoms with Crippen molar-refractivity contribution in [3.05, 3.63) is 35.4 Å². The normalized spacial score (nSPS) is 12.4. The molecule has 1 aromatic carbocycles. The molecule has 3 N–H and O–H groups in total. The number of nitriles is 1. The van der Waals surface area contributed by atoms with Crippen LogP contribution < -0.4 is 5.73 Å². The lowest BCUT2D eigenvalue weighted by atomic mass is 9.81. The number of benzene rings is 1. The van der Waals surface area contributed by atoms with Gasteiger partial charge in [0.05, 0.1) is 11.6 Å². The van der Waals surface area contributed by atoms with Gasteiger partial charge in [0.1, 0.15) is 0 Å². The van der Waals surface area contributed by atoms with Gasteiger partial charge in [-0.1, -0.05) is 26.0 Å². The second kappa shape index (κ2) is 5.86. The molecule has 0 saturated carbocycles. The molecule has 1 aromatic rings. The standard InChI is InChI=1S/C12H16N2O.ClH/c1-12(2,8-15)11(14)10-5-3-4-9(6-10)7-13;/h3-6,11,15H,8,14H2,1-2H3;1H/t11-;/m0./s1. The minimum Gasteiger partial charge on any atom is -0.396 e. The summed E-state index contributed by atoms with van der Waals surface area (Å²) in [4.78, 5) is 0. The van der Waals surface area contributed by atoms with Crippen LogP contribution in [0.25, 0.3) is 0 Å². The van der Waals surface area contributed by atoms with Crippen molar-refractivity contribution in [3.63, 3.8) is 0 Å². The van der Waals surface area contributed by atoms with Crippen LogP contribution >= 0.6 is 12.4 Å². The van der Waals surface area contributed by atoms with Crippen LogP contribution in [0.2, 0.25) is 0 Å². The number of halogens is 1. The molecule has 0 spiro atoms. The number of rotatable bonds is 3. The van der Waals surface area contributed by atoms with Crippen LogP contribution in [0.3, 0.4) is 0 Å². The van der Waals surface area contributed by atoms with Gasteiger partial charge in [-0.3, -0.25) is 0 Å². The van der Waals surface area contributed by atoms with Gasteiger partial charge in [-0.25, -0.2) is 0 Å². The Morgan fingerprint density at radius 3 is 2.62 bits per heavy atom. The lowest BCUT2D eigenvalue weighted by Crippen LogP contribution is -2.32. The van der Waals surface area contributed by atoms with Gasteiger partial charge in [-0.15, -0.1) is 12.4 Å². The Hall–Kier alpha value is -1.08. The fourth-order valence-corrected chi connectivity index (χ4v) is 1.35. The van der Waals surface area contributed by atoms with Crippen LogP contribution in [0.1, 0.15) is 31.0 Å². The molecule has 0 bridgehead atoms. The molecule has 1 rings (SSSR count). The van der Waals surface area contributed by atoms with Crippen LogP contribution in [0.15, 0.2) is 24.3 Å². The smallest absolute Gasteiger partial charge is 0.0991 e. The first-order valence-corrected chi connectivity index (χ1v) is 4.88. The second-order valence-corrected chi connectivity index (χ2v) is 4.36. The molecule has 1 atom stereocenters. The first-order valence-electron chi connectivity index (χ1n) is 4.88. The van der Waals surface area contributed by atoms with E-state index in [4.69, 9.17) is 11.0 Å². The maximum Gasteiger partial charge on any atom is 0.0991 e. The number of hydrogen-bond acceptors (Lipinski definition) is 3. The number of nitrogens with zero attached hydrogens (tertiary/aromatic N) is 1. The van der Waals surface area contributed by atoms with Gasteiger partial charge in [0.15, 0.2) is 0 Å². The summed E-state index contributed by atoms with van der Waals surface area (Å²) in [6.07, 6.45) is 0. The molecule has 0 aliphatic carbocycles. The summed E-state index contributed by atoms with van der Waals surface area (Å²) in [5, 5.41) is 18.0. The van der Waals surface area contributed by atoms with Gasteiger partial charge >= 0.3 is 0 Å². The van der Waals surface area contributed by atoms with Crippen molar-refractivity contribution in [3.8, 4) is 6.07 Å². The quantitative estimate of drug-likeness (QED) is 0.849. The SMILES string of the molecule is CC(C)(CO)[C@@H](N)c1cccc(C#N)c1.Cl. The van der Waals surface area contributed by atoms with Gasteiger partial charge in [-0.05, 0) is 17.7 Å². The highest BCUT2D eigenvalue weighted by Gasteiger charge is 2.26. The molecule has 88 valence electrons. The molecular weight excluding hydrogens is 224 g/mol. The Kier molecular flexibility index (Phi) is 5.46. The topological polar surface area (TPSA) is 70.0 Å². The molecule has 0 unspecified atom stereocenters. The molecule has 0 fully saturated rings. The van der Waals surface area contributed by atoms with E-state index in [1.165, 1.54) is 0 Å². The van der Waals surface area contributed by atoms with Gasteiger partial charge < -0.3 is 10.8 Å². The van der Waals surface area contributed by atoms with E-state index >= 15 is 0 Å². The van der Waals surface area contributed by atoms with E-state index in [2.05, 4.69) is 6.07 Å². The first-order chi connectivity index (χ1) is 7.01. The predicted octanol–water partition coefficient (Wildman–Crippen LogP) is 2.00. The van der Waals surface area contributed by atoms with Crippen molar-refractivity contribution < 1.29 is 5.11 Å². The number of aliphatic hydroxyl groups is 1. The van der Waals surface area contributed by atoms with E-state index in [0.29, 0.717) is 5.56 Å². The zero-order chi connectivity index (χ0) is 11.5. The Bertz CT molecular complexity index is 385.